The van der Waals surface area contributed by atoms with Gasteiger partial charge in [0.25, 0.3) is 0 Å². The summed E-state index contributed by atoms with van der Waals surface area (Å²) in [4.78, 5) is 15.6. The van der Waals surface area contributed by atoms with Crippen LogP contribution in [0.2, 0.25) is 0 Å². The van der Waals surface area contributed by atoms with Gasteiger partial charge in [0, 0.05) is 19.3 Å². The molecule has 0 fully saturated rings. The number of aliphatic hydroxyl groups excluding tert-OH is 2. The highest BCUT2D eigenvalue weighted by molar-refractivity contribution is 5.85. The number of rotatable bonds is 6. The number of nitrogens with one attached hydrogen (secondary N) is 1. The second-order valence-corrected chi connectivity index (χ2v) is 7.23. The highest BCUT2D eigenvalue weighted by atomic mass is 16.3. The van der Waals surface area contributed by atoms with Gasteiger partial charge in [-0.25, -0.2) is 15.0 Å². The molecule has 0 unspecified atom stereocenters. The van der Waals surface area contributed by atoms with Gasteiger partial charge in [0.1, 0.15) is 23.2 Å². The van der Waals surface area contributed by atoms with Crippen LogP contribution in [0.15, 0.2) is 42.9 Å². The van der Waals surface area contributed by atoms with Gasteiger partial charge in [0.15, 0.2) is 11.5 Å². The van der Waals surface area contributed by atoms with Gasteiger partial charge in [-0.3, -0.25) is 4.40 Å². The summed E-state index contributed by atoms with van der Waals surface area (Å²) in [5.41, 5.74) is 5.54. The van der Waals surface area contributed by atoms with Crippen LogP contribution in [-0.2, 0) is 0 Å². The maximum Gasteiger partial charge on any atom is 0.166 e. The average Bonchev–Trinajstić information content (AvgIpc) is 3.20. The highest BCUT2D eigenvalue weighted by Crippen LogP contribution is 2.28. The van der Waals surface area contributed by atoms with E-state index in [4.69, 9.17) is 15.1 Å². The lowest BCUT2D eigenvalue weighted by Crippen LogP contribution is -2.31. The van der Waals surface area contributed by atoms with E-state index in [0.29, 0.717) is 17.3 Å². The zero-order valence-corrected chi connectivity index (χ0v) is 16.7. The predicted octanol–water partition coefficient (Wildman–Crippen LogP) is 2.43. The molecular formula is C21H24N6O2. The number of aryl methyl sites for hydroxylation is 2. The minimum absolute atomic E-state index is 0.279. The second kappa shape index (κ2) is 7.65. The zero-order valence-electron chi connectivity index (χ0n) is 16.7. The van der Waals surface area contributed by atoms with Gasteiger partial charge in [0.2, 0.25) is 0 Å². The Morgan fingerprint density at radius 1 is 1.14 bits per heavy atom. The van der Waals surface area contributed by atoms with Crippen LogP contribution in [0.5, 0.6) is 0 Å². The standard InChI is InChI=1S/C21H24N6O2/c1-13-5-4-6-14(2)19(13)25-20-17-9-22-12-27(17)21-16(23-20)7-8-18(24-21)26(3)10-15(29)11-28/h4-9,12,15,28-29H,10-11H2,1-3H3,(H,23,25)/t15-/m1/s1. The summed E-state index contributed by atoms with van der Waals surface area (Å²) in [6.45, 7) is 4.11. The summed E-state index contributed by atoms with van der Waals surface area (Å²) in [6, 6.07) is 9.91. The van der Waals surface area contributed by atoms with Crippen molar-refractivity contribution in [3.63, 3.8) is 0 Å². The van der Waals surface area contributed by atoms with Gasteiger partial charge in [-0.05, 0) is 37.1 Å². The van der Waals surface area contributed by atoms with E-state index >= 15 is 0 Å². The Hall–Kier alpha value is -3.23. The van der Waals surface area contributed by atoms with E-state index in [1.807, 2.05) is 29.6 Å². The predicted molar refractivity (Wildman–Crippen MR) is 114 cm³/mol. The van der Waals surface area contributed by atoms with Crippen LogP contribution in [0.25, 0.3) is 16.7 Å². The minimum atomic E-state index is -0.826. The number of likely N-dealkylation sites (N-methyl/N-ethyl adjacent to an activating group) is 1. The number of nitrogens with zero attached hydrogens (tertiary/aromatic N) is 5. The molecule has 0 saturated carbocycles. The molecule has 3 aromatic heterocycles. The number of imidazole rings is 1. The molecule has 0 radical (unpaired) electrons. The molecule has 150 valence electrons. The monoisotopic (exact) mass is 392 g/mol. The van der Waals surface area contributed by atoms with Crippen molar-refractivity contribution in [2.75, 3.05) is 30.4 Å². The third-order valence-corrected chi connectivity index (χ3v) is 4.99. The van der Waals surface area contributed by atoms with Crippen molar-refractivity contribution in [1.82, 2.24) is 19.4 Å². The Morgan fingerprint density at radius 2 is 1.90 bits per heavy atom. The van der Waals surface area contributed by atoms with E-state index in [1.54, 1.807) is 17.4 Å². The van der Waals surface area contributed by atoms with Crippen molar-refractivity contribution in [2.45, 2.75) is 20.0 Å². The van der Waals surface area contributed by atoms with Gasteiger partial charge in [0.05, 0.1) is 18.9 Å². The Balaban J connectivity index is 1.79. The number of aliphatic hydroxyl groups is 2. The Labute approximate surface area is 168 Å². The summed E-state index contributed by atoms with van der Waals surface area (Å²) in [5.74, 6) is 1.39. The van der Waals surface area contributed by atoms with Gasteiger partial charge in [-0.2, -0.15) is 0 Å². The van der Waals surface area contributed by atoms with Crippen molar-refractivity contribution in [3.05, 3.63) is 54.0 Å². The van der Waals surface area contributed by atoms with Crippen LogP contribution in [0, 0.1) is 13.8 Å². The summed E-state index contributed by atoms with van der Waals surface area (Å²) in [5, 5.41) is 22.2. The fourth-order valence-corrected chi connectivity index (χ4v) is 3.41. The largest absolute Gasteiger partial charge is 0.394 e. The first-order chi connectivity index (χ1) is 14.0. The lowest BCUT2D eigenvalue weighted by molar-refractivity contribution is 0.101. The van der Waals surface area contributed by atoms with Crippen LogP contribution in [0.1, 0.15) is 11.1 Å². The molecular weight excluding hydrogens is 368 g/mol. The number of aromatic nitrogens is 4. The number of pyridine rings is 1. The van der Waals surface area contributed by atoms with Crippen molar-refractivity contribution in [2.24, 2.45) is 0 Å². The molecule has 1 atom stereocenters. The molecule has 4 rings (SSSR count). The van der Waals surface area contributed by atoms with Crippen molar-refractivity contribution in [3.8, 4) is 0 Å². The molecule has 0 saturated heterocycles. The maximum atomic E-state index is 9.71. The summed E-state index contributed by atoms with van der Waals surface area (Å²) < 4.78 is 1.90. The van der Waals surface area contributed by atoms with Gasteiger partial charge >= 0.3 is 0 Å². The van der Waals surface area contributed by atoms with E-state index in [2.05, 4.69) is 36.3 Å². The number of para-hydroxylation sites is 1. The molecule has 8 nitrogen and oxygen atoms in total. The van der Waals surface area contributed by atoms with Crippen LogP contribution >= 0.6 is 0 Å². The maximum absolute atomic E-state index is 9.71. The van der Waals surface area contributed by atoms with Crippen molar-refractivity contribution in [1.29, 1.82) is 0 Å². The Kier molecular flexibility index (Phi) is 5.04. The topological polar surface area (TPSA) is 98.8 Å². The van der Waals surface area contributed by atoms with Gasteiger partial charge in [-0.1, -0.05) is 18.2 Å². The lowest BCUT2D eigenvalue weighted by atomic mass is 10.1. The number of hydrogen-bond acceptors (Lipinski definition) is 7. The summed E-state index contributed by atoms with van der Waals surface area (Å²) >= 11 is 0. The molecule has 0 aliphatic heterocycles. The molecule has 0 bridgehead atoms. The van der Waals surface area contributed by atoms with Crippen LogP contribution in [0.3, 0.4) is 0 Å². The Bertz CT molecular complexity index is 1150. The van der Waals surface area contributed by atoms with Crippen LogP contribution in [-0.4, -0.2) is 55.9 Å². The molecule has 0 amide bonds. The molecule has 3 N–H and O–H groups in total. The third-order valence-electron chi connectivity index (χ3n) is 4.99. The molecule has 29 heavy (non-hydrogen) atoms. The minimum Gasteiger partial charge on any atom is -0.394 e. The normalized spacial score (nSPS) is 12.4. The fraction of sp³-hybridized carbons (Fsp3) is 0.286. The van der Waals surface area contributed by atoms with E-state index in [0.717, 1.165) is 27.8 Å². The highest BCUT2D eigenvalue weighted by Gasteiger charge is 2.15. The SMILES string of the molecule is Cc1cccc(C)c1Nc1nc2ccc(N(C)C[C@@H](O)CO)nc2n2cncc12. The molecule has 8 heteroatoms. The first-order valence-corrected chi connectivity index (χ1v) is 9.44. The number of benzene rings is 1. The smallest absolute Gasteiger partial charge is 0.166 e. The molecule has 0 aliphatic carbocycles. The molecule has 0 aliphatic rings. The van der Waals surface area contributed by atoms with E-state index in [9.17, 15) is 5.11 Å². The first-order valence-electron chi connectivity index (χ1n) is 9.44. The molecule has 4 aromatic rings. The quantitative estimate of drug-likeness (QED) is 0.463. The fourth-order valence-electron chi connectivity index (χ4n) is 3.41. The van der Waals surface area contributed by atoms with Gasteiger partial charge in [-0.15, -0.1) is 0 Å². The first kappa shape index (κ1) is 19.1. The molecule has 0 spiro atoms. The third kappa shape index (κ3) is 3.59. The van der Waals surface area contributed by atoms with Crippen molar-refractivity contribution >= 4 is 34.0 Å². The average molecular weight is 392 g/mol. The van der Waals surface area contributed by atoms with Crippen molar-refractivity contribution < 1.29 is 10.2 Å². The van der Waals surface area contributed by atoms with E-state index in [1.165, 1.54) is 0 Å². The summed E-state index contributed by atoms with van der Waals surface area (Å²) in [7, 11) is 1.82. The number of fused-ring (bicyclic) bond motifs is 3. The van der Waals surface area contributed by atoms with E-state index < -0.39 is 6.10 Å². The summed E-state index contributed by atoms with van der Waals surface area (Å²) in [6.07, 6.45) is 2.65. The zero-order chi connectivity index (χ0) is 20.5. The Morgan fingerprint density at radius 3 is 2.62 bits per heavy atom. The van der Waals surface area contributed by atoms with Crippen LogP contribution < -0.4 is 10.2 Å². The lowest BCUT2D eigenvalue weighted by Gasteiger charge is -2.21. The van der Waals surface area contributed by atoms with Crippen LogP contribution in [0.4, 0.5) is 17.3 Å². The van der Waals surface area contributed by atoms with Gasteiger partial charge < -0.3 is 20.4 Å². The van der Waals surface area contributed by atoms with E-state index in [-0.39, 0.29) is 13.2 Å². The second-order valence-electron chi connectivity index (χ2n) is 7.23. The number of hydrogen-bond donors (Lipinski definition) is 3. The molecule has 1 aromatic carbocycles. The molecule has 3 heterocycles. The number of anilines is 3.